The Morgan fingerprint density at radius 2 is 1.44 bits per heavy atom. The van der Waals surface area contributed by atoms with Crippen LogP contribution < -0.4 is 0 Å². The molecule has 0 unspecified atom stereocenters. The molecule has 1 heterocycles. The second kappa shape index (κ2) is 10.2. The third kappa shape index (κ3) is 6.67. The van der Waals surface area contributed by atoms with Gasteiger partial charge in [0.05, 0.1) is 0 Å². The minimum atomic E-state index is 0.814. The van der Waals surface area contributed by atoms with Crippen molar-refractivity contribution in [3.63, 3.8) is 0 Å². The van der Waals surface area contributed by atoms with Gasteiger partial charge in [0.25, 0.3) is 0 Å². The molecule has 1 aliphatic heterocycles. The van der Waals surface area contributed by atoms with Gasteiger partial charge in [-0.3, -0.25) is 0 Å². The zero-order valence-electron chi connectivity index (χ0n) is 14.7. The molecule has 0 amide bonds. The van der Waals surface area contributed by atoms with Crippen LogP contribution in [0.2, 0.25) is 5.02 Å². The molecule has 0 N–H and O–H groups in total. The van der Waals surface area contributed by atoms with Gasteiger partial charge in [0.15, 0.2) is 0 Å². The van der Waals surface area contributed by atoms with Crippen LogP contribution in [0.1, 0.15) is 12.0 Å². The van der Waals surface area contributed by atoms with Crippen LogP contribution in [0, 0.1) is 0 Å². The minimum Gasteiger partial charge on any atom is -0.301 e. The molecule has 1 aliphatic rings. The van der Waals surface area contributed by atoms with E-state index >= 15 is 0 Å². The topological polar surface area (TPSA) is 6.48 Å². The summed E-state index contributed by atoms with van der Waals surface area (Å²) < 4.78 is 0. The lowest BCUT2D eigenvalue weighted by Gasteiger charge is -2.34. The van der Waals surface area contributed by atoms with Gasteiger partial charge in [-0.2, -0.15) is 0 Å². The maximum absolute atomic E-state index is 5.92. The average Bonchev–Trinajstić information content (AvgIpc) is 2.67. The normalized spacial score (nSPS) is 16.2. The summed E-state index contributed by atoms with van der Waals surface area (Å²) in [4.78, 5) is 6.53. The Morgan fingerprint density at radius 3 is 2.12 bits per heavy atom. The lowest BCUT2D eigenvalue weighted by molar-refractivity contribution is 0.134. The zero-order chi connectivity index (χ0) is 17.3. The first-order chi connectivity index (χ1) is 12.3. The van der Waals surface area contributed by atoms with Gasteiger partial charge in [-0.15, -0.1) is 11.8 Å². The molecule has 4 heteroatoms. The molecule has 0 aromatic heterocycles. The Kier molecular flexibility index (Phi) is 7.68. The maximum atomic E-state index is 5.92. The summed E-state index contributed by atoms with van der Waals surface area (Å²) in [6.07, 6.45) is 2.41. The molecular formula is C21H27ClN2S. The van der Waals surface area contributed by atoms with Crippen molar-refractivity contribution in [2.24, 2.45) is 0 Å². The predicted molar refractivity (Wildman–Crippen MR) is 110 cm³/mol. The molecule has 1 fully saturated rings. The van der Waals surface area contributed by atoms with Crippen molar-refractivity contribution in [3.8, 4) is 0 Å². The van der Waals surface area contributed by atoms with E-state index in [-0.39, 0.29) is 0 Å². The van der Waals surface area contributed by atoms with Crippen molar-refractivity contribution in [1.82, 2.24) is 9.80 Å². The molecule has 2 aromatic rings. The number of hydrogen-bond donors (Lipinski definition) is 0. The molecule has 0 atom stereocenters. The highest BCUT2D eigenvalue weighted by Gasteiger charge is 2.15. The van der Waals surface area contributed by atoms with E-state index in [1.807, 2.05) is 23.9 Å². The molecule has 0 saturated carbocycles. The van der Waals surface area contributed by atoms with Gasteiger partial charge in [0.2, 0.25) is 0 Å². The van der Waals surface area contributed by atoms with Crippen molar-refractivity contribution < 1.29 is 0 Å². The van der Waals surface area contributed by atoms with Crippen molar-refractivity contribution in [2.75, 3.05) is 45.0 Å². The molecule has 134 valence electrons. The van der Waals surface area contributed by atoms with E-state index in [4.69, 9.17) is 11.6 Å². The second-order valence-corrected chi connectivity index (χ2v) is 8.18. The van der Waals surface area contributed by atoms with E-state index in [0.29, 0.717) is 0 Å². The highest BCUT2D eigenvalue weighted by molar-refractivity contribution is 7.99. The van der Waals surface area contributed by atoms with Gasteiger partial charge < -0.3 is 9.80 Å². The Labute approximate surface area is 161 Å². The first-order valence-electron chi connectivity index (χ1n) is 9.16. The second-order valence-electron chi connectivity index (χ2n) is 6.57. The van der Waals surface area contributed by atoms with Crippen LogP contribution in [-0.4, -0.2) is 54.8 Å². The van der Waals surface area contributed by atoms with Crippen molar-refractivity contribution in [1.29, 1.82) is 0 Å². The Balaban J connectivity index is 1.27. The fraction of sp³-hybridized carbons (Fsp3) is 0.429. The van der Waals surface area contributed by atoms with Gasteiger partial charge >= 0.3 is 0 Å². The van der Waals surface area contributed by atoms with E-state index < -0.39 is 0 Å². The number of rotatable bonds is 8. The van der Waals surface area contributed by atoms with Gasteiger partial charge in [-0.1, -0.05) is 41.9 Å². The maximum Gasteiger partial charge on any atom is 0.0406 e. The molecular weight excluding hydrogens is 348 g/mol. The zero-order valence-corrected chi connectivity index (χ0v) is 16.3. The molecule has 0 aliphatic carbocycles. The van der Waals surface area contributed by atoms with E-state index in [0.717, 1.165) is 5.02 Å². The standard InChI is InChI=1S/C21H27ClN2S/c22-20-7-9-21(10-8-20)25-18-4-12-23-14-16-24(17-15-23)13-11-19-5-2-1-3-6-19/h1-3,5-10H,4,11-18H2. The quantitative estimate of drug-likeness (QED) is 0.489. The largest absolute Gasteiger partial charge is 0.301 e. The SMILES string of the molecule is Clc1ccc(SCCCN2CCN(CCc3ccccc3)CC2)cc1. The van der Waals surface area contributed by atoms with Crippen LogP contribution in [0.3, 0.4) is 0 Å². The van der Waals surface area contributed by atoms with E-state index in [2.05, 4.69) is 52.3 Å². The summed E-state index contributed by atoms with van der Waals surface area (Å²) in [5.74, 6) is 1.18. The monoisotopic (exact) mass is 374 g/mol. The average molecular weight is 375 g/mol. The summed E-state index contributed by atoms with van der Waals surface area (Å²) in [6, 6.07) is 19.0. The van der Waals surface area contributed by atoms with Gasteiger partial charge in [-0.05, 0) is 55.0 Å². The van der Waals surface area contributed by atoms with E-state index in [9.17, 15) is 0 Å². The van der Waals surface area contributed by atoms with Gasteiger partial charge in [-0.25, -0.2) is 0 Å². The van der Waals surface area contributed by atoms with Crippen LogP contribution in [0.5, 0.6) is 0 Å². The summed E-state index contributed by atoms with van der Waals surface area (Å²) in [5.41, 5.74) is 1.45. The molecule has 0 spiro atoms. The number of halogens is 1. The highest BCUT2D eigenvalue weighted by Crippen LogP contribution is 2.21. The first kappa shape index (κ1) is 18.8. The first-order valence-corrected chi connectivity index (χ1v) is 10.5. The Morgan fingerprint density at radius 1 is 0.800 bits per heavy atom. The number of thioether (sulfide) groups is 1. The Bertz CT molecular complexity index is 610. The molecule has 25 heavy (non-hydrogen) atoms. The van der Waals surface area contributed by atoms with Gasteiger partial charge in [0.1, 0.15) is 0 Å². The Hall–Kier alpha value is -1.00. The van der Waals surface area contributed by atoms with Crippen LogP contribution in [0.15, 0.2) is 59.5 Å². The van der Waals surface area contributed by atoms with Crippen LogP contribution >= 0.6 is 23.4 Å². The van der Waals surface area contributed by atoms with E-state index in [1.165, 1.54) is 68.3 Å². The van der Waals surface area contributed by atoms with Crippen molar-refractivity contribution >= 4 is 23.4 Å². The smallest absolute Gasteiger partial charge is 0.0406 e. The molecule has 2 nitrogen and oxygen atoms in total. The molecule has 0 radical (unpaired) electrons. The third-order valence-electron chi connectivity index (χ3n) is 4.73. The lowest BCUT2D eigenvalue weighted by atomic mass is 10.1. The summed E-state index contributed by atoms with van der Waals surface area (Å²) in [5, 5.41) is 0.814. The number of hydrogen-bond acceptors (Lipinski definition) is 3. The molecule has 3 rings (SSSR count). The van der Waals surface area contributed by atoms with Gasteiger partial charge in [0, 0.05) is 42.6 Å². The van der Waals surface area contributed by atoms with E-state index in [1.54, 1.807) is 0 Å². The van der Waals surface area contributed by atoms with Crippen LogP contribution in [0.25, 0.3) is 0 Å². The van der Waals surface area contributed by atoms with Crippen molar-refractivity contribution in [3.05, 3.63) is 65.2 Å². The highest BCUT2D eigenvalue weighted by atomic mass is 35.5. The third-order valence-corrected chi connectivity index (χ3v) is 6.08. The summed E-state index contributed by atoms with van der Waals surface area (Å²) >= 11 is 7.85. The lowest BCUT2D eigenvalue weighted by Crippen LogP contribution is -2.47. The molecule has 0 bridgehead atoms. The number of nitrogens with zero attached hydrogens (tertiary/aromatic N) is 2. The molecule has 1 saturated heterocycles. The van der Waals surface area contributed by atoms with Crippen molar-refractivity contribution in [2.45, 2.75) is 17.7 Å². The minimum absolute atomic E-state index is 0.814. The fourth-order valence-corrected chi connectivity index (χ4v) is 4.14. The number of benzene rings is 2. The molecule has 2 aromatic carbocycles. The fourth-order valence-electron chi connectivity index (χ4n) is 3.18. The predicted octanol–water partition coefficient (Wildman–Crippen LogP) is 4.68. The van der Waals surface area contributed by atoms with Crippen LogP contribution in [0.4, 0.5) is 0 Å². The summed E-state index contributed by atoms with van der Waals surface area (Å²) in [7, 11) is 0. The summed E-state index contributed by atoms with van der Waals surface area (Å²) in [6.45, 7) is 7.23. The van der Waals surface area contributed by atoms with Crippen LogP contribution in [-0.2, 0) is 6.42 Å². The number of piperazine rings is 1.